The Kier molecular flexibility index (Phi) is 7.76. The number of carbonyl (C=O) groups excluding carboxylic acids is 4. The molecule has 0 unspecified atom stereocenters. The van der Waals surface area contributed by atoms with Gasteiger partial charge in [0.1, 0.15) is 10.6 Å². The second kappa shape index (κ2) is 11.9. The largest absolute Gasteiger partial charge is 0.454 e. The Balaban J connectivity index is 0.985. The molecule has 4 aromatic rings. The van der Waals surface area contributed by atoms with Crippen LogP contribution in [0.4, 0.5) is 5.69 Å². The summed E-state index contributed by atoms with van der Waals surface area (Å²) < 4.78 is 35.5. The van der Waals surface area contributed by atoms with Gasteiger partial charge in [-0.2, -0.15) is 8.42 Å². The normalized spacial score (nSPS) is 23.1. The maximum Gasteiger partial charge on any atom is 0.339 e. The lowest BCUT2D eigenvalue weighted by Gasteiger charge is -2.28. The van der Waals surface area contributed by atoms with Crippen molar-refractivity contribution in [3.8, 4) is 5.75 Å². The van der Waals surface area contributed by atoms with Crippen LogP contribution >= 0.6 is 0 Å². The van der Waals surface area contributed by atoms with Crippen molar-refractivity contribution in [2.75, 3.05) is 11.5 Å². The third-order valence-electron chi connectivity index (χ3n) is 9.61. The second-order valence-electron chi connectivity index (χ2n) is 12.4. The monoisotopic (exact) mass is 649 g/mol. The minimum atomic E-state index is -4.05. The first-order chi connectivity index (χ1) is 22.6. The highest BCUT2D eigenvalue weighted by Crippen LogP contribution is 2.61. The number of hydrogen-bond acceptors (Lipinski definition) is 8. The topological polar surface area (TPSA) is 124 Å². The van der Waals surface area contributed by atoms with Crippen LogP contribution in [0.15, 0.2) is 108 Å². The van der Waals surface area contributed by atoms with Gasteiger partial charge in [-0.05, 0) is 97.7 Å². The first kappa shape index (κ1) is 30.6. The molecule has 3 fully saturated rings. The molecule has 238 valence electrons. The molecule has 10 heteroatoms. The highest BCUT2D eigenvalue weighted by atomic mass is 32.2. The number of esters is 1. The second-order valence-corrected chi connectivity index (χ2v) is 13.9. The van der Waals surface area contributed by atoms with E-state index in [0.717, 1.165) is 18.4 Å². The van der Waals surface area contributed by atoms with E-state index < -0.39 is 28.5 Å². The van der Waals surface area contributed by atoms with Crippen molar-refractivity contribution in [3.63, 3.8) is 0 Å². The van der Waals surface area contributed by atoms with E-state index in [0.29, 0.717) is 5.69 Å². The van der Waals surface area contributed by atoms with Crippen LogP contribution in [0.2, 0.25) is 0 Å². The summed E-state index contributed by atoms with van der Waals surface area (Å²) in [5.74, 6) is -1.95. The maximum absolute atomic E-state index is 13.7. The van der Waals surface area contributed by atoms with Gasteiger partial charge < -0.3 is 8.92 Å². The van der Waals surface area contributed by atoms with Crippen molar-refractivity contribution in [3.05, 3.63) is 125 Å². The lowest BCUT2D eigenvalue weighted by Crippen LogP contribution is -2.33. The minimum absolute atomic E-state index is 0.00404. The number of anilines is 1. The standard InChI is InChI=1S/C37H31NO8S/c1-22-10-16-29(17-11-22)47(43,44)46-28-14-12-24(13-15-28)32(39)21-45-37(42)25-8-5-9-27(18-25)38-35(40)33-26-19-30(23-6-3-2-4-7-23)31(20-26)34(33)36(38)41/h2-18,26,30-31,33-34H,19-21H2,1H3/t26-,30-,31+,33+,34+/m0/s1. The number of rotatable bonds is 9. The van der Waals surface area contributed by atoms with Crippen LogP contribution in [0.25, 0.3) is 0 Å². The molecule has 1 heterocycles. The van der Waals surface area contributed by atoms with Crippen molar-refractivity contribution >= 4 is 39.4 Å². The molecule has 0 aromatic heterocycles. The Morgan fingerprint density at radius 3 is 2.21 bits per heavy atom. The summed E-state index contributed by atoms with van der Waals surface area (Å²) in [6.45, 7) is 1.27. The summed E-state index contributed by atoms with van der Waals surface area (Å²) >= 11 is 0. The van der Waals surface area contributed by atoms with Gasteiger partial charge in [-0.1, -0.05) is 54.1 Å². The van der Waals surface area contributed by atoms with E-state index in [4.69, 9.17) is 8.92 Å². The number of benzene rings is 4. The molecule has 2 aliphatic carbocycles. The van der Waals surface area contributed by atoms with E-state index in [2.05, 4.69) is 12.1 Å². The molecule has 0 spiro atoms. The maximum atomic E-state index is 13.7. The van der Waals surface area contributed by atoms with Crippen LogP contribution in [-0.4, -0.2) is 38.6 Å². The van der Waals surface area contributed by atoms with E-state index in [1.54, 1.807) is 24.3 Å². The van der Waals surface area contributed by atoms with Gasteiger partial charge in [0.05, 0.1) is 23.1 Å². The molecule has 1 aliphatic heterocycles. The molecule has 7 rings (SSSR count). The van der Waals surface area contributed by atoms with Crippen molar-refractivity contribution in [2.24, 2.45) is 23.7 Å². The summed E-state index contributed by atoms with van der Waals surface area (Å²) in [5.41, 5.74) is 2.70. The average molecular weight is 650 g/mol. The summed E-state index contributed by atoms with van der Waals surface area (Å²) in [7, 11) is -4.05. The molecule has 47 heavy (non-hydrogen) atoms. The molecule has 2 saturated carbocycles. The smallest absolute Gasteiger partial charge is 0.339 e. The van der Waals surface area contributed by atoms with Crippen molar-refractivity contribution in [1.29, 1.82) is 0 Å². The number of Topliss-reactive ketones (excluding diaryl/α,β-unsaturated/α-hetero) is 1. The van der Waals surface area contributed by atoms with E-state index in [1.807, 2.05) is 25.1 Å². The van der Waals surface area contributed by atoms with Gasteiger partial charge >= 0.3 is 16.1 Å². The van der Waals surface area contributed by atoms with E-state index in [-0.39, 0.29) is 63.2 Å². The lowest BCUT2D eigenvalue weighted by atomic mass is 9.73. The van der Waals surface area contributed by atoms with Gasteiger partial charge in [0.15, 0.2) is 12.4 Å². The fraction of sp³-hybridized carbons (Fsp3) is 0.243. The minimum Gasteiger partial charge on any atom is -0.454 e. The molecule has 0 radical (unpaired) electrons. The van der Waals surface area contributed by atoms with Crippen molar-refractivity contribution in [2.45, 2.75) is 30.6 Å². The predicted octanol–water partition coefficient (Wildman–Crippen LogP) is 5.73. The molecule has 5 atom stereocenters. The number of ether oxygens (including phenoxy) is 1. The quantitative estimate of drug-likeness (QED) is 0.0975. The summed E-state index contributed by atoms with van der Waals surface area (Å²) in [6, 6.07) is 28.0. The highest BCUT2D eigenvalue weighted by molar-refractivity contribution is 7.87. The number of fused-ring (bicyclic) bond motifs is 5. The Hall–Kier alpha value is -5.09. The van der Waals surface area contributed by atoms with Gasteiger partial charge in [-0.25, -0.2) is 4.79 Å². The zero-order chi connectivity index (χ0) is 32.9. The third-order valence-corrected chi connectivity index (χ3v) is 10.9. The summed E-state index contributed by atoms with van der Waals surface area (Å²) in [5, 5.41) is 0. The summed E-state index contributed by atoms with van der Waals surface area (Å²) in [6.07, 6.45) is 1.74. The molecular formula is C37H31NO8S. The Bertz CT molecular complexity index is 1990. The lowest BCUT2D eigenvalue weighted by molar-refractivity contribution is -0.123. The molecule has 4 aromatic carbocycles. The Morgan fingerprint density at radius 1 is 0.787 bits per heavy atom. The van der Waals surface area contributed by atoms with Crippen LogP contribution in [-0.2, 0) is 24.4 Å². The number of nitrogens with zero attached hydrogens (tertiary/aromatic N) is 1. The number of ketones is 1. The molecule has 1 saturated heterocycles. The average Bonchev–Trinajstić information content (AvgIpc) is 3.75. The van der Waals surface area contributed by atoms with Crippen LogP contribution in [0.1, 0.15) is 50.6 Å². The van der Waals surface area contributed by atoms with Crippen LogP contribution < -0.4 is 9.08 Å². The van der Waals surface area contributed by atoms with Gasteiger partial charge in [0, 0.05) is 5.56 Å². The fourth-order valence-corrected chi connectivity index (χ4v) is 8.37. The van der Waals surface area contributed by atoms with Crippen LogP contribution in [0.3, 0.4) is 0 Å². The predicted molar refractivity (Wildman–Crippen MR) is 171 cm³/mol. The van der Waals surface area contributed by atoms with Crippen molar-refractivity contribution < 1.29 is 36.5 Å². The SMILES string of the molecule is Cc1ccc(S(=O)(=O)Oc2ccc(C(=O)COC(=O)c3cccc(N4C(=O)[C@@H]5[C@@H]6C[C@@H]([C@H]5C4=O)[C@H](c4ccccc4)C6)c3)cc2)cc1. The van der Waals surface area contributed by atoms with Crippen molar-refractivity contribution in [1.82, 2.24) is 0 Å². The fourth-order valence-electron chi connectivity index (χ4n) is 7.44. The Morgan fingerprint density at radius 2 is 1.49 bits per heavy atom. The molecule has 0 N–H and O–H groups in total. The van der Waals surface area contributed by atoms with E-state index >= 15 is 0 Å². The number of aryl methyl sites for hydroxylation is 1. The third kappa shape index (κ3) is 5.63. The first-order valence-corrected chi connectivity index (χ1v) is 16.9. The number of carbonyl (C=O) groups is 4. The highest BCUT2D eigenvalue weighted by Gasteiger charge is 2.64. The number of hydrogen-bond donors (Lipinski definition) is 0. The number of amides is 2. The molecule has 2 amide bonds. The molecule has 9 nitrogen and oxygen atoms in total. The van der Waals surface area contributed by atoms with Gasteiger partial charge in [0.2, 0.25) is 11.8 Å². The Labute approximate surface area is 272 Å². The number of imide groups is 1. The van der Waals surface area contributed by atoms with E-state index in [1.165, 1.54) is 59.0 Å². The van der Waals surface area contributed by atoms with E-state index in [9.17, 15) is 27.6 Å². The first-order valence-electron chi connectivity index (χ1n) is 15.4. The van der Waals surface area contributed by atoms with Gasteiger partial charge in [0.25, 0.3) is 0 Å². The zero-order valence-corrected chi connectivity index (χ0v) is 26.3. The summed E-state index contributed by atoms with van der Waals surface area (Å²) in [4.78, 5) is 54.2. The van der Waals surface area contributed by atoms with Crippen LogP contribution in [0, 0.1) is 30.6 Å². The molecular weight excluding hydrogens is 618 g/mol. The molecule has 3 aliphatic rings. The van der Waals surface area contributed by atoms with Gasteiger partial charge in [-0.3, -0.25) is 19.3 Å². The molecule has 2 bridgehead atoms. The van der Waals surface area contributed by atoms with Crippen LogP contribution in [0.5, 0.6) is 5.75 Å². The van der Waals surface area contributed by atoms with Gasteiger partial charge in [-0.15, -0.1) is 0 Å². The zero-order valence-electron chi connectivity index (χ0n) is 25.4.